The molecule has 0 saturated carbocycles. The van der Waals surface area contributed by atoms with E-state index in [2.05, 4.69) is 36.1 Å². The van der Waals surface area contributed by atoms with Crippen molar-refractivity contribution in [2.75, 3.05) is 60.4 Å². The number of benzene rings is 4. The number of unbranched alkanes of at least 4 members (excludes halogenated alkanes) is 45. The Balaban J connectivity index is 1.02. The first-order valence-corrected chi connectivity index (χ1v) is 53.4. The number of nitrogens with one attached hydrogen (secondary N) is 3. The fourth-order valence-corrected chi connectivity index (χ4v) is 20.3. The highest BCUT2D eigenvalue weighted by Gasteiger charge is 2.64. The Kier molecular flexibility index (Phi) is 52.4. The van der Waals surface area contributed by atoms with Crippen LogP contribution < -0.4 is 51.5 Å². The van der Waals surface area contributed by atoms with Gasteiger partial charge in [-0.2, -0.15) is 5.26 Å². The summed E-state index contributed by atoms with van der Waals surface area (Å²) in [6.07, 6.45) is 52.5. The summed E-state index contributed by atoms with van der Waals surface area (Å²) in [5.74, 6) is -2.21. The van der Waals surface area contributed by atoms with Crippen LogP contribution in [0.15, 0.2) is 123 Å². The van der Waals surface area contributed by atoms with Crippen LogP contribution in [0, 0.1) is 25.2 Å². The normalized spacial score (nSPS) is 17.6. The molecule has 7 atom stereocenters. The van der Waals surface area contributed by atoms with Crippen molar-refractivity contribution in [1.82, 2.24) is 24.4 Å². The van der Waals surface area contributed by atoms with E-state index in [1.54, 1.807) is 60.7 Å². The van der Waals surface area contributed by atoms with Gasteiger partial charge in [0.1, 0.15) is 41.8 Å². The molecule has 1 amide bonds. The van der Waals surface area contributed by atoms with Gasteiger partial charge in [0.2, 0.25) is 11.5 Å². The zero-order chi connectivity index (χ0) is 96.6. The van der Waals surface area contributed by atoms with Gasteiger partial charge in [0, 0.05) is 42.0 Å². The monoisotopic (exact) mass is 1900 g/mol. The van der Waals surface area contributed by atoms with Crippen LogP contribution >= 0.6 is 7.60 Å². The minimum Gasteiger partial charge on any atom is -0.497 e. The summed E-state index contributed by atoms with van der Waals surface area (Å²) in [4.78, 5) is 87.3. The third kappa shape index (κ3) is 37.4. The maximum absolute atomic E-state index is 16.5. The van der Waals surface area contributed by atoms with E-state index in [0.717, 1.165) is 79.8 Å². The molecule has 0 bridgehead atoms. The number of hydrogen-bond donors (Lipinski definition) is 5. The van der Waals surface area contributed by atoms with Gasteiger partial charge in [-0.05, 0) is 86.2 Å². The molecule has 0 aliphatic carbocycles. The minimum atomic E-state index is -5.41. The summed E-state index contributed by atoms with van der Waals surface area (Å²) in [7, 11) is -2.35. The van der Waals surface area contributed by atoms with E-state index in [-0.39, 0.29) is 23.2 Å². The Bertz CT molecular complexity index is 4560. The first-order chi connectivity index (χ1) is 65.7. The number of esters is 1. The van der Waals surface area contributed by atoms with E-state index in [1.165, 1.54) is 278 Å². The van der Waals surface area contributed by atoms with Crippen LogP contribution in [0.1, 0.15) is 405 Å². The molecular weight excluding hydrogens is 1730 g/mol. The van der Waals surface area contributed by atoms with E-state index < -0.39 is 129 Å². The summed E-state index contributed by atoms with van der Waals surface area (Å²) in [6.45, 7) is 8.16. The van der Waals surface area contributed by atoms with Crippen molar-refractivity contribution in [2.45, 2.75) is 410 Å². The molecule has 0 radical (unpaired) electrons. The predicted octanol–water partition coefficient (Wildman–Crippen LogP) is 24.1. The Labute approximate surface area is 804 Å². The largest absolute Gasteiger partial charge is 0.497 e. The number of rotatable bonds is 76. The lowest BCUT2D eigenvalue weighted by molar-refractivity contribution is -0.230. The summed E-state index contributed by atoms with van der Waals surface area (Å²) >= 11 is 0. The highest BCUT2D eigenvalue weighted by Crippen LogP contribution is 2.67. The molecule has 6 aromatic rings. The van der Waals surface area contributed by atoms with Crippen molar-refractivity contribution in [2.24, 2.45) is 0 Å². The molecule has 5 N–H and O–H groups in total. The Hall–Kier alpha value is -8.38. The number of H-pyrrole nitrogens is 2. The number of ether oxygens (including phenoxy) is 9. The SMILES string of the molecule is CCCCCCCCCCCCCCCCCCOc1cc(C(=O)NCCC(=O)O[C@]2(O)C[C@H](n3cc(C)c(=O)[nH]c3=O)O[C@@H]2COP(=O)(OCCC#N)[C@]2(O)C[C@H](n3cc(C)c(=O)[nH]c3=O)O[C@@H]2COC(c2ccccc2)(c2ccc(OC)cc2)c2ccc(OC)cc2)cc(OCCCCCCCCCCCCCCCCCC)c1OCCCCCCCCCCCCCCCCCC. The molecule has 4 aromatic carbocycles. The lowest BCUT2D eigenvalue weighted by Gasteiger charge is -2.39. The number of nitrogens with zero attached hydrogens (tertiary/aromatic N) is 3. The Morgan fingerprint density at radius 2 is 0.844 bits per heavy atom. The van der Waals surface area contributed by atoms with Crippen LogP contribution in [0.2, 0.25) is 0 Å². The van der Waals surface area contributed by atoms with Crippen LogP contribution in [-0.2, 0) is 43.0 Å². The minimum absolute atomic E-state index is 0.0683. The van der Waals surface area contributed by atoms with E-state index in [0.29, 0.717) is 65.3 Å². The molecule has 2 saturated heterocycles. The number of nitriles is 1. The van der Waals surface area contributed by atoms with Gasteiger partial charge in [-0.15, -0.1) is 0 Å². The molecule has 4 heterocycles. The second-order valence-electron chi connectivity index (χ2n) is 37.3. The molecule has 752 valence electrons. The number of hydrogen-bond acceptors (Lipinski definition) is 21. The summed E-state index contributed by atoms with van der Waals surface area (Å²) < 4.78 is 88.6. The second kappa shape index (κ2) is 63.3. The van der Waals surface area contributed by atoms with Crippen molar-refractivity contribution in [3.63, 3.8) is 0 Å². The number of aryl methyl sites for hydroxylation is 2. The first-order valence-electron chi connectivity index (χ1n) is 51.9. The van der Waals surface area contributed by atoms with Gasteiger partial charge in [0.05, 0.1) is 79.2 Å². The lowest BCUT2D eigenvalue weighted by Crippen LogP contribution is -2.47. The van der Waals surface area contributed by atoms with Crippen LogP contribution in [0.25, 0.3) is 0 Å². The molecule has 135 heavy (non-hydrogen) atoms. The molecule has 2 aliphatic rings. The smallest absolute Gasteiger partial charge is 0.365 e. The van der Waals surface area contributed by atoms with Crippen LogP contribution in [0.5, 0.6) is 28.7 Å². The van der Waals surface area contributed by atoms with Crippen molar-refractivity contribution in [3.8, 4) is 34.8 Å². The topological polar surface area (TPSA) is 339 Å². The van der Waals surface area contributed by atoms with Crippen molar-refractivity contribution in [1.29, 1.82) is 5.26 Å². The molecule has 26 nitrogen and oxygen atoms in total. The zero-order valence-corrected chi connectivity index (χ0v) is 83.8. The van der Waals surface area contributed by atoms with Gasteiger partial charge in [0.15, 0.2) is 16.8 Å². The zero-order valence-electron chi connectivity index (χ0n) is 82.9. The molecular formula is C108H165N6O20P. The molecule has 1 unspecified atom stereocenters. The average molecular weight is 1900 g/mol. The van der Waals surface area contributed by atoms with Crippen molar-refractivity contribution in [3.05, 3.63) is 178 Å². The van der Waals surface area contributed by atoms with Gasteiger partial charge in [-0.1, -0.05) is 364 Å². The van der Waals surface area contributed by atoms with Gasteiger partial charge in [0.25, 0.3) is 17.0 Å². The molecule has 2 aliphatic heterocycles. The average Bonchev–Trinajstić information content (AvgIpc) is 1.65. The summed E-state index contributed by atoms with van der Waals surface area (Å²) in [5, 5.41) is 36.7. The molecule has 27 heteroatoms. The first kappa shape index (κ1) is 112. The Morgan fingerprint density at radius 3 is 1.23 bits per heavy atom. The maximum Gasteiger partial charge on any atom is 0.365 e. The number of carbonyl (C=O) groups is 2. The van der Waals surface area contributed by atoms with E-state index in [9.17, 15) is 44.2 Å². The van der Waals surface area contributed by atoms with Gasteiger partial charge < -0.3 is 67.2 Å². The van der Waals surface area contributed by atoms with Crippen LogP contribution in [0.4, 0.5) is 0 Å². The predicted molar refractivity (Wildman–Crippen MR) is 532 cm³/mol. The van der Waals surface area contributed by atoms with Gasteiger partial charge in [-0.25, -0.2) is 9.59 Å². The molecule has 2 aromatic heterocycles. The fourth-order valence-electron chi connectivity index (χ4n) is 18.2. The number of aromatic nitrogens is 4. The van der Waals surface area contributed by atoms with E-state index in [1.807, 2.05) is 36.4 Å². The Morgan fingerprint density at radius 1 is 0.481 bits per heavy atom. The van der Waals surface area contributed by atoms with Crippen molar-refractivity contribution >= 4 is 19.5 Å². The highest BCUT2D eigenvalue weighted by molar-refractivity contribution is 7.55. The highest BCUT2D eigenvalue weighted by atomic mass is 31.2. The van der Waals surface area contributed by atoms with E-state index in [4.69, 9.17) is 51.7 Å². The lowest BCUT2D eigenvalue weighted by atomic mass is 9.80. The second-order valence-corrected chi connectivity index (χ2v) is 39.6. The quantitative estimate of drug-likeness (QED) is 0.00778. The number of methoxy groups -OCH3 is 2. The van der Waals surface area contributed by atoms with Crippen LogP contribution in [-0.4, -0.2) is 125 Å². The summed E-state index contributed by atoms with van der Waals surface area (Å²) in [6, 6.07) is 28.5. The maximum atomic E-state index is 16.5. The third-order valence-corrected chi connectivity index (χ3v) is 28.9. The molecule has 2 fully saturated rings. The fraction of sp³-hybridized carbons (Fsp3) is 0.676. The number of amides is 1. The molecule has 8 rings (SSSR count). The number of aliphatic hydroxyl groups is 2. The number of aromatic amines is 2. The van der Waals surface area contributed by atoms with E-state index >= 15 is 4.57 Å². The molecule has 0 spiro atoms. The van der Waals surface area contributed by atoms with Crippen molar-refractivity contribution < 1.29 is 76.0 Å². The van der Waals surface area contributed by atoms with Gasteiger partial charge in [-0.3, -0.25) is 42.8 Å². The number of carbonyl (C=O) groups excluding carboxylic acids is 2. The van der Waals surface area contributed by atoms with Crippen LogP contribution in [0.3, 0.4) is 0 Å². The van der Waals surface area contributed by atoms with Gasteiger partial charge >= 0.3 is 24.9 Å². The third-order valence-electron chi connectivity index (χ3n) is 26.4. The summed E-state index contributed by atoms with van der Waals surface area (Å²) in [5.41, 5.74) is -2.94. The standard InChI is InChI=1S/C108H165N6O20P/c1-8-11-14-17-20-23-26-29-32-35-38-41-44-47-50-56-73-126-93-77-87(78-94(127-74-57-51-48-45-42-39-36-33-30-27-24-21-18-15-12-9-2)100(93)128-75-58-52-49-46-43-40-37-34-31-28-25-22-19-16-13-10-3)103(118)110-72-70-99(115)134-106(121)79-97(113-81-85(4)101(116)111-104(113)119)132-95(106)84-131-135(123,130-76-59-71-109)107(122)80-98(114-82-86(5)102(117)112-105(114)120)133-96(107)83-129-108(88-60-54-53-55-61-88,89-62-66-91(124-6)67-63-89)90-64-68-92(125-7)69-65-90/h53-55,60-69,77-78,81-82,95-98,121-122H,8-52,56-59,70,72-76,79-80,83-84H2,1-7H3,(H,110,118)(H,111,116,119)(H,112,117,120)/t95-,96-,97-,98-,106-,107-,135?/m1/s1.